The highest BCUT2D eigenvalue weighted by atomic mass is 32.2. The number of carbonyl (C=O) groups is 2. The van der Waals surface area contributed by atoms with Gasteiger partial charge in [0.25, 0.3) is 10.0 Å². The number of nitrogens with one attached hydrogen (secondary N) is 3. The van der Waals surface area contributed by atoms with Crippen LogP contribution < -0.4 is 15.4 Å². The van der Waals surface area contributed by atoms with Gasteiger partial charge in [0.15, 0.2) is 5.82 Å². The van der Waals surface area contributed by atoms with E-state index in [2.05, 4.69) is 20.5 Å². The molecule has 0 atom stereocenters. The summed E-state index contributed by atoms with van der Waals surface area (Å²) >= 11 is 1.14. The Morgan fingerprint density at radius 2 is 1.52 bits per heavy atom. The summed E-state index contributed by atoms with van der Waals surface area (Å²) in [5.41, 5.74) is 2.99. The summed E-state index contributed by atoms with van der Waals surface area (Å²) in [6.45, 7) is 5.57. The van der Waals surface area contributed by atoms with Crippen molar-refractivity contribution in [1.29, 1.82) is 0 Å². The molecule has 3 aromatic rings. The summed E-state index contributed by atoms with van der Waals surface area (Å²) in [5.74, 6) is 0.419. The van der Waals surface area contributed by atoms with E-state index in [1.54, 1.807) is 25.1 Å². The third kappa shape index (κ3) is 7.09. The van der Waals surface area contributed by atoms with Crippen LogP contribution in [0.1, 0.15) is 16.9 Å². The molecule has 11 heteroatoms. The fourth-order valence-electron chi connectivity index (χ4n) is 2.77. The van der Waals surface area contributed by atoms with Crippen LogP contribution in [0.5, 0.6) is 0 Å². The molecule has 0 radical (unpaired) electrons. The molecule has 0 spiro atoms. The van der Waals surface area contributed by atoms with Gasteiger partial charge in [-0.1, -0.05) is 11.2 Å². The first-order chi connectivity index (χ1) is 15.6. The Labute approximate surface area is 196 Å². The van der Waals surface area contributed by atoms with Crippen LogP contribution in [0.15, 0.2) is 57.9 Å². The minimum absolute atomic E-state index is 0.0552. The van der Waals surface area contributed by atoms with Gasteiger partial charge in [0.2, 0.25) is 11.8 Å². The monoisotopic (exact) mass is 488 g/mol. The maximum absolute atomic E-state index is 12.6. The molecule has 0 aliphatic heterocycles. The third-order valence-electron chi connectivity index (χ3n) is 4.57. The number of amides is 2. The molecule has 0 aliphatic carbocycles. The lowest BCUT2D eigenvalue weighted by Gasteiger charge is -2.11. The largest absolute Gasteiger partial charge is 0.360 e. The van der Waals surface area contributed by atoms with Gasteiger partial charge in [0.1, 0.15) is 5.76 Å². The molecule has 9 nitrogen and oxygen atoms in total. The Balaban J connectivity index is 1.48. The second-order valence-corrected chi connectivity index (χ2v) is 10.0. The summed E-state index contributed by atoms with van der Waals surface area (Å²) in [6.07, 6.45) is 0. The maximum atomic E-state index is 12.6. The predicted molar refractivity (Wildman–Crippen MR) is 129 cm³/mol. The Morgan fingerprint density at radius 1 is 0.879 bits per heavy atom. The SMILES string of the molecule is Cc1cc(NC(=O)CSCC(=O)Nc2ccc(S(=O)(=O)Nc3ccc(C)c(C)c3)cc2)no1. The topological polar surface area (TPSA) is 130 Å². The van der Waals surface area contributed by atoms with Crippen molar-refractivity contribution in [2.24, 2.45) is 0 Å². The van der Waals surface area contributed by atoms with Gasteiger partial charge in [-0.2, -0.15) is 0 Å². The number of rotatable bonds is 9. The molecule has 33 heavy (non-hydrogen) atoms. The van der Waals surface area contributed by atoms with E-state index >= 15 is 0 Å². The minimum Gasteiger partial charge on any atom is -0.360 e. The van der Waals surface area contributed by atoms with Crippen LogP contribution in [0.4, 0.5) is 17.2 Å². The lowest BCUT2D eigenvalue weighted by Crippen LogP contribution is -2.18. The summed E-state index contributed by atoms with van der Waals surface area (Å²) in [4.78, 5) is 24.0. The Morgan fingerprint density at radius 3 is 2.12 bits per heavy atom. The number of hydrogen-bond acceptors (Lipinski definition) is 7. The van der Waals surface area contributed by atoms with Gasteiger partial charge in [0.05, 0.1) is 16.4 Å². The normalized spacial score (nSPS) is 11.1. The van der Waals surface area contributed by atoms with E-state index < -0.39 is 10.0 Å². The molecule has 0 aliphatic rings. The molecule has 1 aromatic heterocycles. The molecular weight excluding hydrogens is 464 g/mol. The number of sulfonamides is 1. The lowest BCUT2D eigenvalue weighted by molar-refractivity contribution is -0.114. The minimum atomic E-state index is -3.76. The lowest BCUT2D eigenvalue weighted by atomic mass is 10.1. The average Bonchev–Trinajstić information content (AvgIpc) is 3.15. The number of aromatic nitrogens is 1. The van der Waals surface area contributed by atoms with Crippen LogP contribution in [-0.2, 0) is 19.6 Å². The second kappa shape index (κ2) is 10.5. The van der Waals surface area contributed by atoms with E-state index in [9.17, 15) is 18.0 Å². The summed E-state index contributed by atoms with van der Waals surface area (Å²) < 4.78 is 32.7. The van der Waals surface area contributed by atoms with Gasteiger partial charge in [0, 0.05) is 17.4 Å². The first kappa shape index (κ1) is 24.3. The van der Waals surface area contributed by atoms with Gasteiger partial charge in [-0.25, -0.2) is 8.42 Å². The fraction of sp³-hybridized carbons (Fsp3) is 0.227. The fourth-order valence-corrected chi connectivity index (χ4v) is 4.44. The van der Waals surface area contributed by atoms with Crippen molar-refractivity contribution in [3.8, 4) is 0 Å². The van der Waals surface area contributed by atoms with Crippen molar-refractivity contribution in [3.05, 3.63) is 65.4 Å². The molecule has 0 bridgehead atoms. The van der Waals surface area contributed by atoms with Gasteiger partial charge in [-0.05, 0) is 68.3 Å². The molecule has 0 unspecified atom stereocenters. The number of nitrogens with zero attached hydrogens (tertiary/aromatic N) is 1. The number of hydrogen-bond donors (Lipinski definition) is 3. The molecule has 0 fully saturated rings. The van der Waals surface area contributed by atoms with E-state index in [1.165, 1.54) is 24.3 Å². The van der Waals surface area contributed by atoms with Crippen molar-refractivity contribution >= 4 is 50.8 Å². The quantitative estimate of drug-likeness (QED) is 0.418. The summed E-state index contributed by atoms with van der Waals surface area (Å²) in [7, 11) is -3.76. The van der Waals surface area contributed by atoms with Crippen molar-refractivity contribution in [3.63, 3.8) is 0 Å². The van der Waals surface area contributed by atoms with Crippen LogP contribution in [0.2, 0.25) is 0 Å². The first-order valence-electron chi connectivity index (χ1n) is 9.93. The Hall–Kier alpha value is -3.31. The molecule has 3 N–H and O–H groups in total. The van der Waals surface area contributed by atoms with Crippen molar-refractivity contribution in [2.45, 2.75) is 25.7 Å². The number of anilines is 3. The van der Waals surface area contributed by atoms with Crippen LogP contribution in [0, 0.1) is 20.8 Å². The van der Waals surface area contributed by atoms with Crippen LogP contribution in [0.3, 0.4) is 0 Å². The van der Waals surface area contributed by atoms with E-state index in [4.69, 9.17) is 4.52 Å². The number of thioether (sulfide) groups is 1. The molecule has 3 rings (SSSR count). The van der Waals surface area contributed by atoms with E-state index in [1.807, 2.05) is 19.9 Å². The number of aryl methyl sites for hydroxylation is 3. The number of benzene rings is 2. The molecule has 0 saturated carbocycles. The van der Waals surface area contributed by atoms with E-state index in [0.717, 1.165) is 22.9 Å². The van der Waals surface area contributed by atoms with Crippen molar-refractivity contribution in [2.75, 3.05) is 26.9 Å². The highest BCUT2D eigenvalue weighted by Crippen LogP contribution is 2.20. The molecule has 0 saturated heterocycles. The molecular formula is C22H24N4O5S2. The van der Waals surface area contributed by atoms with E-state index in [-0.39, 0.29) is 28.2 Å². The van der Waals surface area contributed by atoms with Crippen molar-refractivity contribution in [1.82, 2.24) is 5.16 Å². The molecule has 2 aromatic carbocycles. The molecule has 2 amide bonds. The second-order valence-electron chi connectivity index (χ2n) is 7.34. The highest BCUT2D eigenvalue weighted by Gasteiger charge is 2.15. The zero-order valence-corrected chi connectivity index (χ0v) is 20.0. The van der Waals surface area contributed by atoms with Crippen LogP contribution in [0.25, 0.3) is 0 Å². The zero-order chi connectivity index (χ0) is 24.0. The number of carbonyl (C=O) groups excluding carboxylic acids is 2. The van der Waals surface area contributed by atoms with Crippen LogP contribution in [-0.4, -0.2) is 36.9 Å². The third-order valence-corrected chi connectivity index (χ3v) is 6.90. The Bertz CT molecular complexity index is 1250. The maximum Gasteiger partial charge on any atom is 0.261 e. The van der Waals surface area contributed by atoms with Gasteiger partial charge in [-0.15, -0.1) is 11.8 Å². The average molecular weight is 489 g/mol. The summed E-state index contributed by atoms with van der Waals surface area (Å²) in [5, 5.41) is 8.91. The zero-order valence-electron chi connectivity index (χ0n) is 18.3. The van der Waals surface area contributed by atoms with Crippen molar-refractivity contribution < 1.29 is 22.5 Å². The van der Waals surface area contributed by atoms with E-state index in [0.29, 0.717) is 23.0 Å². The van der Waals surface area contributed by atoms with Gasteiger partial charge in [-0.3, -0.25) is 14.3 Å². The predicted octanol–water partition coefficient (Wildman–Crippen LogP) is 3.71. The van der Waals surface area contributed by atoms with Gasteiger partial charge < -0.3 is 15.2 Å². The first-order valence-corrected chi connectivity index (χ1v) is 12.6. The van der Waals surface area contributed by atoms with Gasteiger partial charge >= 0.3 is 0 Å². The smallest absolute Gasteiger partial charge is 0.261 e. The standard InChI is InChI=1S/C22H24N4O5S2/c1-14-4-5-18(10-15(14)2)26-33(29,30)19-8-6-17(7-9-19)23-21(27)12-32-13-22(28)24-20-11-16(3)31-25-20/h4-11,26H,12-13H2,1-3H3,(H,23,27)(H,24,25,28). The molecule has 174 valence electrons. The Kier molecular flexibility index (Phi) is 7.77. The highest BCUT2D eigenvalue weighted by molar-refractivity contribution is 8.00. The van der Waals surface area contributed by atoms with Crippen LogP contribution >= 0.6 is 11.8 Å². The summed E-state index contributed by atoms with van der Waals surface area (Å²) in [6, 6.07) is 12.8. The molecule has 1 heterocycles.